The van der Waals surface area contributed by atoms with Crippen molar-refractivity contribution in [1.82, 2.24) is 9.78 Å². The minimum Gasteiger partial charge on any atom is -0.298 e. The Kier molecular flexibility index (Phi) is 4.85. The number of carbonyl (C=O) groups is 1. The molecule has 0 spiro atoms. The third kappa shape index (κ3) is 3.13. The summed E-state index contributed by atoms with van der Waals surface area (Å²) in [7, 11) is 0. The van der Waals surface area contributed by atoms with E-state index in [-0.39, 0.29) is 5.43 Å². The van der Waals surface area contributed by atoms with Gasteiger partial charge in [0.05, 0.1) is 5.52 Å². The van der Waals surface area contributed by atoms with Crippen molar-refractivity contribution >= 4 is 17.2 Å². The van der Waals surface area contributed by atoms with E-state index in [1.54, 1.807) is 18.2 Å². The van der Waals surface area contributed by atoms with Gasteiger partial charge in [-0.3, -0.25) is 14.3 Å². The molecule has 3 aromatic rings. The van der Waals surface area contributed by atoms with Gasteiger partial charge < -0.3 is 0 Å². The van der Waals surface area contributed by atoms with E-state index in [0.717, 1.165) is 37.6 Å². The first-order valence-corrected chi connectivity index (χ1v) is 8.30. The number of hydrogen-bond donors (Lipinski definition) is 0. The molecule has 0 bridgehead atoms. The van der Waals surface area contributed by atoms with Gasteiger partial charge in [0.2, 0.25) is 5.43 Å². The van der Waals surface area contributed by atoms with Crippen LogP contribution in [0.25, 0.3) is 22.2 Å². The molecule has 0 aliphatic carbocycles. The Morgan fingerprint density at radius 2 is 1.92 bits per heavy atom. The van der Waals surface area contributed by atoms with Crippen LogP contribution >= 0.6 is 0 Å². The maximum atomic E-state index is 12.8. The van der Waals surface area contributed by atoms with Crippen LogP contribution in [0.4, 0.5) is 0 Å². The molecule has 4 nitrogen and oxygen atoms in total. The number of nitrogens with zero attached hydrogens (tertiary/aromatic N) is 2. The molecule has 0 saturated carbocycles. The highest BCUT2D eigenvalue weighted by molar-refractivity contribution is 5.83. The van der Waals surface area contributed by atoms with Crippen LogP contribution in [-0.2, 0) is 6.54 Å². The third-order valence-corrected chi connectivity index (χ3v) is 4.13. The van der Waals surface area contributed by atoms with Gasteiger partial charge in [-0.15, -0.1) is 0 Å². The van der Waals surface area contributed by atoms with Gasteiger partial charge >= 0.3 is 0 Å². The van der Waals surface area contributed by atoms with Crippen molar-refractivity contribution in [3.05, 3.63) is 64.3 Å². The lowest BCUT2D eigenvalue weighted by atomic mass is 10.1. The van der Waals surface area contributed by atoms with Crippen LogP contribution in [0.3, 0.4) is 0 Å². The average molecular weight is 320 g/mol. The van der Waals surface area contributed by atoms with Crippen molar-refractivity contribution in [3.63, 3.8) is 0 Å². The van der Waals surface area contributed by atoms with Crippen molar-refractivity contribution in [1.29, 1.82) is 0 Å². The minimum atomic E-state index is -0.0969. The van der Waals surface area contributed by atoms with E-state index in [1.807, 2.05) is 35.0 Å². The first kappa shape index (κ1) is 16.1. The molecule has 0 unspecified atom stereocenters. The summed E-state index contributed by atoms with van der Waals surface area (Å²) in [6, 6.07) is 14.6. The Labute approximate surface area is 140 Å². The van der Waals surface area contributed by atoms with Crippen LogP contribution in [0.2, 0.25) is 0 Å². The summed E-state index contributed by atoms with van der Waals surface area (Å²) in [6.45, 7) is 2.93. The summed E-state index contributed by atoms with van der Waals surface area (Å²) in [5, 5.41) is 5.27. The van der Waals surface area contributed by atoms with Gasteiger partial charge in [-0.2, -0.15) is 5.10 Å². The van der Waals surface area contributed by atoms with E-state index in [4.69, 9.17) is 0 Å². The molecule has 0 fully saturated rings. The summed E-state index contributed by atoms with van der Waals surface area (Å²) in [5.41, 5.74) is 2.38. The molecular weight excluding hydrogens is 300 g/mol. The summed E-state index contributed by atoms with van der Waals surface area (Å²) < 4.78 is 1.91. The molecule has 0 radical (unpaired) electrons. The van der Waals surface area contributed by atoms with E-state index >= 15 is 0 Å². The number of unbranched alkanes of at least 4 members (excludes halogenated alkanes) is 2. The number of aldehydes is 1. The second-order valence-corrected chi connectivity index (χ2v) is 5.87. The van der Waals surface area contributed by atoms with Gasteiger partial charge in [0, 0.05) is 23.1 Å². The van der Waals surface area contributed by atoms with Crippen molar-refractivity contribution in [3.8, 4) is 11.3 Å². The largest absolute Gasteiger partial charge is 0.298 e. The normalized spacial score (nSPS) is 10.9. The van der Waals surface area contributed by atoms with E-state index in [1.165, 1.54) is 0 Å². The molecule has 1 aromatic heterocycles. The first-order chi connectivity index (χ1) is 11.7. The highest BCUT2D eigenvalue weighted by Gasteiger charge is 2.12. The zero-order valence-corrected chi connectivity index (χ0v) is 13.7. The van der Waals surface area contributed by atoms with Crippen LogP contribution < -0.4 is 5.43 Å². The van der Waals surface area contributed by atoms with Crippen molar-refractivity contribution < 1.29 is 4.79 Å². The second kappa shape index (κ2) is 7.21. The fourth-order valence-corrected chi connectivity index (χ4v) is 2.87. The number of hydrogen-bond acceptors (Lipinski definition) is 3. The molecule has 0 atom stereocenters. The van der Waals surface area contributed by atoms with Gasteiger partial charge in [0.25, 0.3) is 0 Å². The fourth-order valence-electron chi connectivity index (χ4n) is 2.87. The van der Waals surface area contributed by atoms with Gasteiger partial charge in [-0.05, 0) is 24.6 Å². The Balaban J connectivity index is 2.18. The first-order valence-electron chi connectivity index (χ1n) is 8.30. The molecule has 0 saturated heterocycles. The van der Waals surface area contributed by atoms with Crippen LogP contribution in [-0.4, -0.2) is 16.1 Å². The van der Waals surface area contributed by atoms with Crippen LogP contribution in [0.5, 0.6) is 0 Å². The standard InChI is InChI=1S/C20H20N2O2/c1-2-3-6-12-22-18-11-5-4-10-17(18)20(24)19(21-22)16-9-7-8-15(13-16)14-23/h4-5,7-11,13-14H,2-3,6,12H2,1H3. The predicted octanol–water partition coefficient (Wildman–Crippen LogP) is 4.07. The molecule has 0 aliphatic rings. The molecular formula is C20H20N2O2. The van der Waals surface area contributed by atoms with Crippen molar-refractivity contribution in [2.45, 2.75) is 32.7 Å². The third-order valence-electron chi connectivity index (χ3n) is 4.13. The molecule has 24 heavy (non-hydrogen) atoms. The zero-order chi connectivity index (χ0) is 16.9. The maximum absolute atomic E-state index is 12.8. The number of aryl methyl sites for hydroxylation is 1. The van der Waals surface area contributed by atoms with Crippen LogP contribution in [0.15, 0.2) is 53.3 Å². The molecule has 0 N–H and O–H groups in total. The molecule has 122 valence electrons. The molecule has 0 amide bonds. The number of fused-ring (bicyclic) bond motifs is 1. The van der Waals surface area contributed by atoms with E-state index < -0.39 is 0 Å². The number of rotatable bonds is 6. The van der Waals surface area contributed by atoms with Gasteiger partial charge in [-0.1, -0.05) is 50.1 Å². The number of carbonyl (C=O) groups excluding carboxylic acids is 1. The lowest BCUT2D eigenvalue weighted by Crippen LogP contribution is -2.16. The monoisotopic (exact) mass is 320 g/mol. The SMILES string of the molecule is CCCCCn1nc(-c2cccc(C=O)c2)c(=O)c2ccccc21. The number of para-hydroxylation sites is 1. The smallest absolute Gasteiger partial charge is 0.215 e. The summed E-state index contributed by atoms with van der Waals surface area (Å²) >= 11 is 0. The zero-order valence-electron chi connectivity index (χ0n) is 13.7. The summed E-state index contributed by atoms with van der Waals surface area (Å²) in [6.07, 6.45) is 4.05. The predicted molar refractivity (Wildman–Crippen MR) is 96.4 cm³/mol. The van der Waals surface area contributed by atoms with Gasteiger partial charge in [-0.25, -0.2) is 0 Å². The van der Waals surface area contributed by atoms with Crippen molar-refractivity contribution in [2.75, 3.05) is 0 Å². The average Bonchev–Trinajstić information content (AvgIpc) is 2.64. The quantitative estimate of drug-likeness (QED) is 0.508. The lowest BCUT2D eigenvalue weighted by molar-refractivity contribution is 0.112. The minimum absolute atomic E-state index is 0.0969. The van der Waals surface area contributed by atoms with Crippen LogP contribution in [0, 0.1) is 0 Å². The Hall–Kier alpha value is -2.75. The second-order valence-electron chi connectivity index (χ2n) is 5.87. The van der Waals surface area contributed by atoms with Crippen molar-refractivity contribution in [2.24, 2.45) is 0 Å². The maximum Gasteiger partial charge on any atom is 0.215 e. The Morgan fingerprint density at radius 3 is 2.71 bits per heavy atom. The number of benzene rings is 2. The molecule has 1 heterocycles. The molecule has 4 heteroatoms. The Morgan fingerprint density at radius 1 is 1.08 bits per heavy atom. The molecule has 2 aromatic carbocycles. The van der Waals surface area contributed by atoms with E-state index in [9.17, 15) is 9.59 Å². The van der Waals surface area contributed by atoms with Gasteiger partial charge in [0.1, 0.15) is 12.0 Å². The van der Waals surface area contributed by atoms with E-state index in [2.05, 4.69) is 12.0 Å². The summed E-state index contributed by atoms with van der Waals surface area (Å²) in [4.78, 5) is 23.9. The number of aromatic nitrogens is 2. The molecule has 3 rings (SSSR count). The topological polar surface area (TPSA) is 52.0 Å². The van der Waals surface area contributed by atoms with E-state index in [0.29, 0.717) is 22.2 Å². The highest BCUT2D eigenvalue weighted by atomic mass is 16.1. The van der Waals surface area contributed by atoms with Gasteiger partial charge in [0.15, 0.2) is 0 Å². The summed E-state index contributed by atoms with van der Waals surface area (Å²) in [5.74, 6) is 0. The fraction of sp³-hybridized carbons (Fsp3) is 0.250. The lowest BCUT2D eigenvalue weighted by Gasteiger charge is -2.12. The highest BCUT2D eigenvalue weighted by Crippen LogP contribution is 2.18. The van der Waals surface area contributed by atoms with Crippen LogP contribution in [0.1, 0.15) is 36.5 Å². The Bertz CT molecular complexity index is 928. The molecule has 0 aliphatic heterocycles.